The minimum absolute atomic E-state index is 0.200. The molecule has 0 N–H and O–H groups in total. The van der Waals surface area contributed by atoms with Crippen molar-refractivity contribution in [1.82, 2.24) is 4.98 Å². The second-order valence-corrected chi connectivity index (χ2v) is 7.03. The van der Waals surface area contributed by atoms with Crippen molar-refractivity contribution in [2.24, 2.45) is 9.98 Å². The van der Waals surface area contributed by atoms with Gasteiger partial charge in [0.05, 0.1) is 0 Å². The Morgan fingerprint density at radius 2 is 1.07 bits per heavy atom. The van der Waals surface area contributed by atoms with E-state index in [0.29, 0.717) is 36.4 Å². The SMILES string of the molecule is Fc1ccc([C@H]2COC(c3cccc(C4=N[C@@H](c5ccc(F)cc5)CO4)n3)=N2)cc1. The predicted molar refractivity (Wildman–Crippen MR) is 107 cm³/mol. The van der Waals surface area contributed by atoms with Gasteiger partial charge in [-0.1, -0.05) is 30.3 Å². The summed E-state index contributed by atoms with van der Waals surface area (Å²) >= 11 is 0. The lowest BCUT2D eigenvalue weighted by atomic mass is 10.1. The Hall–Kier alpha value is -3.61. The number of hydrogen-bond donors (Lipinski definition) is 0. The molecule has 0 saturated heterocycles. The third-order valence-electron chi connectivity index (χ3n) is 5.00. The molecule has 0 unspecified atom stereocenters. The molecule has 3 heterocycles. The molecule has 7 heteroatoms. The van der Waals surface area contributed by atoms with Crippen molar-refractivity contribution in [3.05, 3.63) is 101 Å². The first kappa shape index (κ1) is 18.4. The number of hydrogen-bond acceptors (Lipinski definition) is 5. The summed E-state index contributed by atoms with van der Waals surface area (Å²) in [5.74, 6) is 0.291. The Balaban J connectivity index is 1.37. The zero-order chi connectivity index (χ0) is 20.5. The lowest BCUT2D eigenvalue weighted by Gasteiger charge is -2.04. The van der Waals surface area contributed by atoms with Crippen LogP contribution < -0.4 is 0 Å². The molecule has 0 fully saturated rings. The molecule has 0 aliphatic carbocycles. The maximum atomic E-state index is 13.1. The molecule has 0 bridgehead atoms. The smallest absolute Gasteiger partial charge is 0.236 e. The highest BCUT2D eigenvalue weighted by atomic mass is 19.1. The van der Waals surface area contributed by atoms with E-state index in [0.717, 1.165) is 11.1 Å². The number of nitrogens with zero attached hydrogens (tertiary/aromatic N) is 3. The molecular formula is C23H17F2N3O2. The van der Waals surface area contributed by atoms with Gasteiger partial charge in [0.1, 0.15) is 48.3 Å². The summed E-state index contributed by atoms with van der Waals surface area (Å²) < 4.78 is 37.8. The topological polar surface area (TPSA) is 56.1 Å². The van der Waals surface area contributed by atoms with Crippen molar-refractivity contribution in [3.63, 3.8) is 0 Å². The highest BCUT2D eigenvalue weighted by Crippen LogP contribution is 2.27. The number of ether oxygens (including phenoxy) is 2. The third-order valence-corrected chi connectivity index (χ3v) is 5.00. The maximum absolute atomic E-state index is 13.1. The fraction of sp³-hybridized carbons (Fsp3) is 0.174. The highest BCUT2D eigenvalue weighted by Gasteiger charge is 2.25. The Morgan fingerprint density at radius 3 is 1.50 bits per heavy atom. The number of pyridine rings is 1. The van der Waals surface area contributed by atoms with Gasteiger partial charge in [-0.2, -0.15) is 0 Å². The minimum Gasteiger partial charge on any atom is -0.474 e. The summed E-state index contributed by atoms with van der Waals surface area (Å²) in [6, 6.07) is 17.5. The van der Waals surface area contributed by atoms with E-state index in [9.17, 15) is 8.78 Å². The second kappa shape index (κ2) is 7.67. The number of aliphatic imine (C=N–C) groups is 2. The maximum Gasteiger partial charge on any atom is 0.236 e. The highest BCUT2D eigenvalue weighted by molar-refractivity contribution is 5.97. The van der Waals surface area contributed by atoms with Gasteiger partial charge in [-0.05, 0) is 47.5 Å². The van der Waals surface area contributed by atoms with Crippen LogP contribution in [0.5, 0.6) is 0 Å². The molecular weight excluding hydrogens is 388 g/mol. The molecule has 2 atom stereocenters. The van der Waals surface area contributed by atoms with Crippen LogP contribution in [0.25, 0.3) is 0 Å². The van der Waals surface area contributed by atoms with Crippen LogP contribution >= 0.6 is 0 Å². The van der Waals surface area contributed by atoms with Crippen molar-refractivity contribution in [2.75, 3.05) is 13.2 Å². The molecule has 3 aromatic rings. The monoisotopic (exact) mass is 405 g/mol. The number of aromatic nitrogens is 1. The Kier molecular flexibility index (Phi) is 4.71. The van der Waals surface area contributed by atoms with Crippen molar-refractivity contribution >= 4 is 11.8 Å². The van der Waals surface area contributed by atoms with Crippen molar-refractivity contribution in [1.29, 1.82) is 0 Å². The largest absolute Gasteiger partial charge is 0.474 e. The fourth-order valence-corrected chi connectivity index (χ4v) is 3.41. The molecule has 2 aromatic carbocycles. The van der Waals surface area contributed by atoms with Gasteiger partial charge in [-0.25, -0.2) is 23.7 Å². The van der Waals surface area contributed by atoms with Crippen LogP contribution in [0.15, 0.2) is 76.7 Å². The van der Waals surface area contributed by atoms with Crippen LogP contribution in [-0.4, -0.2) is 30.0 Å². The van der Waals surface area contributed by atoms with E-state index in [1.54, 1.807) is 24.3 Å². The number of benzene rings is 2. The van der Waals surface area contributed by atoms with Gasteiger partial charge >= 0.3 is 0 Å². The van der Waals surface area contributed by atoms with Gasteiger partial charge in [0, 0.05) is 0 Å². The van der Waals surface area contributed by atoms with Crippen LogP contribution in [0.3, 0.4) is 0 Å². The standard InChI is InChI=1S/C23H17F2N3O2/c24-16-8-4-14(5-9-16)20-12-29-22(27-20)18-2-1-3-19(26-18)23-28-21(13-30-23)15-6-10-17(25)11-7-15/h1-11,20-21H,12-13H2/t20-,21-/m1/s1. The van der Waals surface area contributed by atoms with Gasteiger partial charge in [0.2, 0.25) is 11.8 Å². The average Bonchev–Trinajstić information content (AvgIpc) is 3.45. The minimum atomic E-state index is -0.285. The first-order valence-corrected chi connectivity index (χ1v) is 9.55. The second-order valence-electron chi connectivity index (χ2n) is 7.03. The molecule has 0 radical (unpaired) electrons. The summed E-state index contributed by atoms with van der Waals surface area (Å²) in [5, 5.41) is 0. The van der Waals surface area contributed by atoms with E-state index >= 15 is 0 Å². The number of rotatable bonds is 4. The summed E-state index contributed by atoms with van der Waals surface area (Å²) in [6.07, 6.45) is 0. The molecule has 2 aliphatic heterocycles. The molecule has 1 aromatic heterocycles. The van der Waals surface area contributed by atoms with Gasteiger partial charge < -0.3 is 9.47 Å². The summed E-state index contributed by atoms with van der Waals surface area (Å²) in [7, 11) is 0. The van der Waals surface area contributed by atoms with Crippen LogP contribution in [-0.2, 0) is 9.47 Å². The molecule has 2 aliphatic rings. The van der Waals surface area contributed by atoms with E-state index in [1.165, 1.54) is 24.3 Å². The van der Waals surface area contributed by atoms with Crippen LogP contribution in [0, 0.1) is 11.6 Å². The third kappa shape index (κ3) is 3.66. The molecule has 5 nitrogen and oxygen atoms in total. The molecule has 0 saturated carbocycles. The Labute approximate surface area is 171 Å². The predicted octanol–water partition coefficient (Wildman–Crippen LogP) is 4.40. The van der Waals surface area contributed by atoms with Crippen LogP contribution in [0.1, 0.15) is 34.6 Å². The Morgan fingerprint density at radius 1 is 0.633 bits per heavy atom. The lowest BCUT2D eigenvalue weighted by Crippen LogP contribution is -2.09. The van der Waals surface area contributed by atoms with Crippen LogP contribution in [0.2, 0.25) is 0 Å². The number of halogens is 2. The summed E-state index contributed by atoms with van der Waals surface area (Å²) in [6.45, 7) is 0.744. The van der Waals surface area contributed by atoms with E-state index in [4.69, 9.17) is 9.47 Å². The normalized spacial score (nSPS) is 20.3. The van der Waals surface area contributed by atoms with E-state index < -0.39 is 0 Å². The summed E-state index contributed by atoms with van der Waals surface area (Å²) in [5.41, 5.74) is 2.92. The van der Waals surface area contributed by atoms with Gasteiger partial charge in [-0.15, -0.1) is 0 Å². The van der Waals surface area contributed by atoms with Gasteiger partial charge in [-0.3, -0.25) is 0 Å². The van der Waals surface area contributed by atoms with Crippen molar-refractivity contribution < 1.29 is 18.3 Å². The first-order valence-electron chi connectivity index (χ1n) is 9.55. The van der Waals surface area contributed by atoms with Crippen molar-refractivity contribution in [3.8, 4) is 0 Å². The average molecular weight is 405 g/mol. The summed E-state index contributed by atoms with van der Waals surface area (Å²) in [4.78, 5) is 13.8. The zero-order valence-electron chi connectivity index (χ0n) is 15.8. The molecule has 0 amide bonds. The van der Waals surface area contributed by atoms with Crippen molar-refractivity contribution in [2.45, 2.75) is 12.1 Å². The quantitative estimate of drug-likeness (QED) is 0.647. The van der Waals surface area contributed by atoms with Gasteiger partial charge in [0.25, 0.3) is 0 Å². The van der Waals surface area contributed by atoms with E-state index in [2.05, 4.69) is 15.0 Å². The van der Waals surface area contributed by atoms with Crippen LogP contribution in [0.4, 0.5) is 8.78 Å². The van der Waals surface area contributed by atoms with E-state index in [1.807, 2.05) is 18.2 Å². The molecule has 150 valence electrons. The molecule has 5 rings (SSSR count). The van der Waals surface area contributed by atoms with E-state index in [-0.39, 0.29) is 23.7 Å². The zero-order valence-corrected chi connectivity index (χ0v) is 15.8. The molecule has 0 spiro atoms. The molecule has 30 heavy (non-hydrogen) atoms. The first-order chi connectivity index (χ1) is 14.7. The fourth-order valence-electron chi connectivity index (χ4n) is 3.41. The lowest BCUT2D eigenvalue weighted by molar-refractivity contribution is 0.317. The Bertz CT molecular complexity index is 1040. The van der Waals surface area contributed by atoms with Gasteiger partial charge in [0.15, 0.2) is 0 Å².